The molecule has 0 aliphatic carbocycles. The molecule has 1 aliphatic rings. The number of ether oxygens (including phenoxy) is 2. The van der Waals surface area contributed by atoms with Gasteiger partial charge in [-0.05, 0) is 38.5 Å². The predicted octanol–water partition coefficient (Wildman–Crippen LogP) is 2.49. The average molecular weight is 287 g/mol. The Balaban J connectivity index is 2.16. The molecular formula is C16H33NO3. The lowest BCUT2D eigenvalue weighted by Gasteiger charge is -2.34. The Morgan fingerprint density at radius 2 is 2.20 bits per heavy atom. The van der Waals surface area contributed by atoms with Gasteiger partial charge in [0.2, 0.25) is 0 Å². The monoisotopic (exact) mass is 287 g/mol. The zero-order valence-corrected chi connectivity index (χ0v) is 13.5. The summed E-state index contributed by atoms with van der Waals surface area (Å²) >= 11 is 0. The van der Waals surface area contributed by atoms with Crippen LogP contribution >= 0.6 is 0 Å². The Labute approximate surface area is 124 Å². The van der Waals surface area contributed by atoms with Gasteiger partial charge >= 0.3 is 0 Å². The van der Waals surface area contributed by atoms with Gasteiger partial charge in [0.15, 0.2) is 0 Å². The van der Waals surface area contributed by atoms with E-state index < -0.39 is 0 Å². The molecule has 0 saturated carbocycles. The molecule has 0 spiro atoms. The van der Waals surface area contributed by atoms with E-state index in [1.807, 2.05) is 0 Å². The van der Waals surface area contributed by atoms with E-state index in [-0.39, 0.29) is 12.1 Å². The van der Waals surface area contributed by atoms with Crippen LogP contribution < -0.4 is 5.32 Å². The second kappa shape index (κ2) is 9.72. The zero-order chi connectivity index (χ0) is 14.8. The molecule has 1 rings (SSSR count). The summed E-state index contributed by atoms with van der Waals surface area (Å²) in [5.74, 6) is 0. The van der Waals surface area contributed by atoms with Gasteiger partial charge in [-0.3, -0.25) is 0 Å². The summed E-state index contributed by atoms with van der Waals surface area (Å²) < 4.78 is 11.4. The molecule has 0 aromatic rings. The van der Waals surface area contributed by atoms with Crippen LogP contribution in [0.1, 0.15) is 59.3 Å². The highest BCUT2D eigenvalue weighted by Crippen LogP contribution is 2.18. The molecule has 1 heterocycles. The van der Waals surface area contributed by atoms with Crippen LogP contribution in [-0.4, -0.2) is 49.2 Å². The van der Waals surface area contributed by atoms with Crippen molar-refractivity contribution in [1.29, 1.82) is 0 Å². The van der Waals surface area contributed by atoms with E-state index in [1.54, 1.807) is 0 Å². The summed E-state index contributed by atoms with van der Waals surface area (Å²) in [5, 5.41) is 13.2. The van der Waals surface area contributed by atoms with E-state index in [9.17, 15) is 5.11 Å². The summed E-state index contributed by atoms with van der Waals surface area (Å²) in [6, 6.07) is 0.388. The second-order valence-corrected chi connectivity index (χ2v) is 6.26. The van der Waals surface area contributed by atoms with Gasteiger partial charge in [0.25, 0.3) is 0 Å². The van der Waals surface area contributed by atoms with Crippen molar-refractivity contribution in [2.45, 2.75) is 77.0 Å². The van der Waals surface area contributed by atoms with E-state index in [0.29, 0.717) is 12.1 Å². The highest BCUT2D eigenvalue weighted by atomic mass is 16.5. The molecule has 0 radical (unpaired) electrons. The van der Waals surface area contributed by atoms with E-state index in [2.05, 4.69) is 26.1 Å². The van der Waals surface area contributed by atoms with Crippen molar-refractivity contribution in [3.8, 4) is 0 Å². The predicted molar refractivity (Wildman–Crippen MR) is 82.0 cm³/mol. The molecule has 0 aromatic carbocycles. The third-order valence-electron chi connectivity index (χ3n) is 4.10. The number of nitrogens with one attached hydrogen (secondary N) is 1. The van der Waals surface area contributed by atoms with Crippen molar-refractivity contribution in [3.63, 3.8) is 0 Å². The minimum absolute atomic E-state index is 0.154. The molecule has 2 N–H and O–H groups in total. The first-order chi connectivity index (χ1) is 9.62. The third-order valence-corrected chi connectivity index (χ3v) is 4.10. The highest BCUT2D eigenvalue weighted by molar-refractivity contribution is 4.87. The van der Waals surface area contributed by atoms with Gasteiger partial charge in [-0.25, -0.2) is 0 Å². The molecule has 0 amide bonds. The van der Waals surface area contributed by atoms with Crippen molar-refractivity contribution >= 4 is 0 Å². The number of aliphatic hydroxyl groups is 1. The molecule has 2 unspecified atom stereocenters. The van der Waals surface area contributed by atoms with Gasteiger partial charge in [-0.15, -0.1) is 0 Å². The Kier molecular flexibility index (Phi) is 8.69. The Morgan fingerprint density at radius 3 is 2.75 bits per heavy atom. The second-order valence-electron chi connectivity index (χ2n) is 6.26. The Bertz CT molecular complexity index is 236. The van der Waals surface area contributed by atoms with Crippen molar-refractivity contribution in [1.82, 2.24) is 5.32 Å². The molecule has 0 aromatic heterocycles. The van der Waals surface area contributed by atoms with Crippen LogP contribution in [0.15, 0.2) is 0 Å². The smallest absolute Gasteiger partial charge is 0.0808 e. The summed E-state index contributed by atoms with van der Waals surface area (Å²) in [5.41, 5.74) is -0.154. The maximum absolute atomic E-state index is 9.66. The molecule has 2 atom stereocenters. The molecule has 1 aliphatic heterocycles. The van der Waals surface area contributed by atoms with Crippen molar-refractivity contribution in [2.75, 3.05) is 26.4 Å². The summed E-state index contributed by atoms with van der Waals surface area (Å²) in [6.07, 6.45) is 6.73. The SMILES string of the molecule is CCC(CO)(CCCOCC1CCCCO1)NC(C)C. The quantitative estimate of drug-likeness (QED) is 0.606. The number of aliphatic hydroxyl groups excluding tert-OH is 1. The lowest BCUT2D eigenvalue weighted by Crippen LogP contribution is -2.51. The van der Waals surface area contributed by atoms with Crippen LogP contribution in [0.4, 0.5) is 0 Å². The minimum Gasteiger partial charge on any atom is -0.394 e. The van der Waals surface area contributed by atoms with Gasteiger partial charge in [0.1, 0.15) is 0 Å². The van der Waals surface area contributed by atoms with Crippen LogP contribution in [0.25, 0.3) is 0 Å². The molecule has 0 bridgehead atoms. The lowest BCUT2D eigenvalue weighted by molar-refractivity contribution is -0.0421. The molecule has 120 valence electrons. The fourth-order valence-corrected chi connectivity index (χ4v) is 2.87. The first-order valence-corrected chi connectivity index (χ1v) is 8.20. The summed E-state index contributed by atoms with van der Waals surface area (Å²) in [6.45, 7) is 8.91. The minimum atomic E-state index is -0.154. The zero-order valence-electron chi connectivity index (χ0n) is 13.5. The fraction of sp³-hybridized carbons (Fsp3) is 1.00. The third kappa shape index (κ3) is 6.53. The van der Waals surface area contributed by atoms with E-state index in [0.717, 1.165) is 45.5 Å². The molecule has 1 saturated heterocycles. The maximum atomic E-state index is 9.66. The highest BCUT2D eigenvalue weighted by Gasteiger charge is 2.27. The topological polar surface area (TPSA) is 50.7 Å². The molecular weight excluding hydrogens is 254 g/mol. The van der Waals surface area contributed by atoms with Crippen molar-refractivity contribution < 1.29 is 14.6 Å². The van der Waals surface area contributed by atoms with Crippen LogP contribution in [0, 0.1) is 0 Å². The molecule has 4 nitrogen and oxygen atoms in total. The summed E-state index contributed by atoms with van der Waals surface area (Å²) in [4.78, 5) is 0. The van der Waals surface area contributed by atoms with E-state index >= 15 is 0 Å². The summed E-state index contributed by atoms with van der Waals surface area (Å²) in [7, 11) is 0. The Morgan fingerprint density at radius 1 is 1.40 bits per heavy atom. The first-order valence-electron chi connectivity index (χ1n) is 8.20. The van der Waals surface area contributed by atoms with Gasteiger partial charge in [0.05, 0.1) is 19.3 Å². The van der Waals surface area contributed by atoms with E-state index in [1.165, 1.54) is 12.8 Å². The van der Waals surface area contributed by atoms with Gasteiger partial charge in [-0.2, -0.15) is 0 Å². The van der Waals surface area contributed by atoms with Crippen LogP contribution in [0.5, 0.6) is 0 Å². The fourth-order valence-electron chi connectivity index (χ4n) is 2.87. The Hall–Kier alpha value is -0.160. The van der Waals surface area contributed by atoms with Gasteiger partial charge in [0, 0.05) is 24.8 Å². The first kappa shape index (κ1) is 17.9. The van der Waals surface area contributed by atoms with Crippen molar-refractivity contribution in [3.05, 3.63) is 0 Å². The standard InChI is InChI=1S/C16H33NO3/c1-4-16(13-18,17-14(2)3)9-7-10-19-12-15-8-5-6-11-20-15/h14-15,17-18H,4-13H2,1-3H3. The molecule has 1 fully saturated rings. The number of rotatable bonds is 10. The number of hydrogen-bond donors (Lipinski definition) is 2. The molecule has 4 heteroatoms. The van der Waals surface area contributed by atoms with E-state index in [4.69, 9.17) is 9.47 Å². The molecule has 20 heavy (non-hydrogen) atoms. The van der Waals surface area contributed by atoms with Crippen LogP contribution in [0.2, 0.25) is 0 Å². The van der Waals surface area contributed by atoms with Crippen LogP contribution in [0.3, 0.4) is 0 Å². The average Bonchev–Trinajstić information content (AvgIpc) is 2.46. The van der Waals surface area contributed by atoms with Gasteiger partial charge < -0.3 is 19.9 Å². The van der Waals surface area contributed by atoms with Crippen molar-refractivity contribution in [2.24, 2.45) is 0 Å². The lowest BCUT2D eigenvalue weighted by atomic mass is 9.90. The van der Waals surface area contributed by atoms with Crippen LogP contribution in [-0.2, 0) is 9.47 Å². The largest absolute Gasteiger partial charge is 0.394 e. The number of hydrogen-bond acceptors (Lipinski definition) is 4. The normalized spacial score (nSPS) is 22.9. The maximum Gasteiger partial charge on any atom is 0.0808 e. The van der Waals surface area contributed by atoms with Gasteiger partial charge in [-0.1, -0.05) is 20.8 Å².